The first-order valence-corrected chi connectivity index (χ1v) is 4.82. The van der Waals surface area contributed by atoms with Crippen molar-refractivity contribution in [2.45, 2.75) is 18.6 Å². The Morgan fingerprint density at radius 2 is 1.71 bits per heavy atom. The maximum absolute atomic E-state index is 12.8. The van der Waals surface area contributed by atoms with Gasteiger partial charge in [-0.25, -0.2) is 0 Å². The van der Waals surface area contributed by atoms with Gasteiger partial charge in [-0.15, -0.1) is 0 Å². The van der Waals surface area contributed by atoms with Gasteiger partial charge in [0.15, 0.2) is 0 Å². The summed E-state index contributed by atoms with van der Waals surface area (Å²) < 4.78 is 48.2. The molecule has 3 nitrogen and oxygen atoms in total. The molecule has 1 rings (SSSR count). The van der Waals surface area contributed by atoms with Gasteiger partial charge in [-0.1, -0.05) is 0 Å². The van der Waals surface area contributed by atoms with Crippen LogP contribution in [0.15, 0.2) is 18.2 Å². The summed E-state index contributed by atoms with van der Waals surface area (Å²) in [6.45, 7) is 0.900. The van der Waals surface area contributed by atoms with Crippen molar-refractivity contribution in [3.05, 3.63) is 23.8 Å². The van der Waals surface area contributed by atoms with E-state index in [-0.39, 0.29) is 11.3 Å². The molecule has 0 amide bonds. The van der Waals surface area contributed by atoms with Crippen molar-refractivity contribution < 1.29 is 22.6 Å². The summed E-state index contributed by atoms with van der Waals surface area (Å²) in [7, 11) is 2.70. The first kappa shape index (κ1) is 13.6. The topological polar surface area (TPSA) is 44.5 Å². The third kappa shape index (κ3) is 2.46. The molecule has 0 saturated heterocycles. The van der Waals surface area contributed by atoms with Crippen molar-refractivity contribution in [3.63, 3.8) is 0 Å². The molecule has 0 bridgehead atoms. The number of hydrogen-bond donors (Lipinski definition) is 1. The van der Waals surface area contributed by atoms with E-state index in [1.54, 1.807) is 0 Å². The third-order valence-corrected chi connectivity index (χ3v) is 2.56. The Hall–Kier alpha value is -1.43. The van der Waals surface area contributed by atoms with E-state index < -0.39 is 11.7 Å². The fourth-order valence-corrected chi connectivity index (χ4v) is 1.38. The molecular formula is C11H14F3NO2. The molecule has 1 aromatic rings. The Morgan fingerprint density at radius 1 is 1.12 bits per heavy atom. The molecular weight excluding hydrogens is 235 g/mol. The second-order valence-electron chi connectivity index (χ2n) is 3.77. The minimum atomic E-state index is -4.56. The fraction of sp³-hybridized carbons (Fsp3) is 0.455. The normalized spacial score (nSPS) is 15.2. The van der Waals surface area contributed by atoms with Gasteiger partial charge in [0.05, 0.1) is 14.2 Å². The summed E-state index contributed by atoms with van der Waals surface area (Å²) in [6.07, 6.45) is -4.56. The number of methoxy groups -OCH3 is 2. The summed E-state index contributed by atoms with van der Waals surface area (Å²) in [6, 6.07) is 4.03. The molecule has 6 heteroatoms. The highest BCUT2D eigenvalue weighted by molar-refractivity contribution is 5.45. The highest BCUT2D eigenvalue weighted by Gasteiger charge is 2.50. The van der Waals surface area contributed by atoms with Crippen molar-refractivity contribution in [2.75, 3.05) is 14.2 Å². The first-order valence-electron chi connectivity index (χ1n) is 4.82. The van der Waals surface area contributed by atoms with E-state index in [0.717, 1.165) is 6.92 Å². The van der Waals surface area contributed by atoms with Crippen LogP contribution >= 0.6 is 0 Å². The van der Waals surface area contributed by atoms with E-state index >= 15 is 0 Å². The lowest BCUT2D eigenvalue weighted by Crippen LogP contribution is -2.47. The molecule has 1 atom stereocenters. The van der Waals surface area contributed by atoms with E-state index in [0.29, 0.717) is 5.75 Å². The van der Waals surface area contributed by atoms with Crippen LogP contribution < -0.4 is 15.2 Å². The van der Waals surface area contributed by atoms with Crippen molar-refractivity contribution in [2.24, 2.45) is 5.73 Å². The highest BCUT2D eigenvalue weighted by Crippen LogP contribution is 2.41. The molecule has 1 aromatic carbocycles. The van der Waals surface area contributed by atoms with Crippen LogP contribution in [-0.2, 0) is 5.54 Å². The number of rotatable bonds is 3. The number of ether oxygens (including phenoxy) is 2. The van der Waals surface area contributed by atoms with Crippen LogP contribution in [0.3, 0.4) is 0 Å². The molecule has 96 valence electrons. The Bertz CT molecular complexity index is 402. The lowest BCUT2D eigenvalue weighted by Gasteiger charge is -2.29. The second-order valence-corrected chi connectivity index (χ2v) is 3.77. The number of benzene rings is 1. The molecule has 17 heavy (non-hydrogen) atoms. The van der Waals surface area contributed by atoms with Gasteiger partial charge in [0.1, 0.15) is 17.0 Å². The number of nitrogens with two attached hydrogens (primary N) is 1. The van der Waals surface area contributed by atoms with Gasteiger partial charge in [-0.3, -0.25) is 0 Å². The van der Waals surface area contributed by atoms with Gasteiger partial charge in [0, 0.05) is 11.6 Å². The van der Waals surface area contributed by atoms with Gasteiger partial charge >= 0.3 is 6.18 Å². The highest BCUT2D eigenvalue weighted by atomic mass is 19.4. The summed E-state index contributed by atoms with van der Waals surface area (Å²) in [5.74, 6) is 0.454. The minimum absolute atomic E-state index is 0.0478. The lowest BCUT2D eigenvalue weighted by molar-refractivity contribution is -0.184. The molecule has 0 aromatic heterocycles. The first-order chi connectivity index (χ1) is 7.74. The lowest BCUT2D eigenvalue weighted by atomic mass is 9.91. The van der Waals surface area contributed by atoms with Crippen LogP contribution in [0.5, 0.6) is 11.5 Å². The zero-order valence-electron chi connectivity index (χ0n) is 9.76. The number of hydrogen-bond acceptors (Lipinski definition) is 3. The van der Waals surface area contributed by atoms with Crippen molar-refractivity contribution in [1.82, 2.24) is 0 Å². The molecule has 0 saturated carbocycles. The van der Waals surface area contributed by atoms with Crippen molar-refractivity contribution in [3.8, 4) is 11.5 Å². The Morgan fingerprint density at radius 3 is 2.12 bits per heavy atom. The predicted molar refractivity (Wildman–Crippen MR) is 57.1 cm³/mol. The maximum atomic E-state index is 12.8. The Kier molecular flexibility index (Phi) is 3.56. The van der Waals surface area contributed by atoms with Crippen LogP contribution in [0, 0.1) is 0 Å². The third-order valence-electron chi connectivity index (χ3n) is 2.56. The van der Waals surface area contributed by atoms with Crippen LogP contribution in [0.1, 0.15) is 12.5 Å². The summed E-state index contributed by atoms with van der Waals surface area (Å²) in [5.41, 5.74) is 2.74. The molecule has 1 unspecified atom stereocenters. The van der Waals surface area contributed by atoms with Gasteiger partial charge in [-0.2, -0.15) is 13.2 Å². The van der Waals surface area contributed by atoms with Gasteiger partial charge in [0.2, 0.25) is 0 Å². The zero-order valence-corrected chi connectivity index (χ0v) is 9.76. The quantitative estimate of drug-likeness (QED) is 0.894. The van der Waals surface area contributed by atoms with E-state index in [2.05, 4.69) is 0 Å². The predicted octanol–water partition coefficient (Wildman–Crippen LogP) is 2.44. The van der Waals surface area contributed by atoms with E-state index in [9.17, 15) is 13.2 Å². The molecule has 0 aliphatic carbocycles. The largest absolute Gasteiger partial charge is 0.497 e. The minimum Gasteiger partial charge on any atom is -0.497 e. The van der Waals surface area contributed by atoms with Crippen LogP contribution in [0.2, 0.25) is 0 Å². The summed E-state index contributed by atoms with van der Waals surface area (Å²) in [4.78, 5) is 0. The standard InChI is InChI=1S/C11H14F3NO2/c1-10(15,11(12,13)14)8-5-4-7(16-2)6-9(8)17-3/h4-6H,15H2,1-3H3. The smallest absolute Gasteiger partial charge is 0.410 e. The Labute approximate surface area is 97.3 Å². The number of halogens is 3. The fourth-order valence-electron chi connectivity index (χ4n) is 1.38. The number of alkyl halides is 3. The molecule has 0 heterocycles. The van der Waals surface area contributed by atoms with Gasteiger partial charge in [-0.05, 0) is 19.1 Å². The average molecular weight is 249 g/mol. The molecule has 0 fully saturated rings. The second kappa shape index (κ2) is 4.44. The Balaban J connectivity index is 3.31. The molecule has 0 radical (unpaired) electrons. The maximum Gasteiger partial charge on any atom is 0.410 e. The van der Waals surface area contributed by atoms with E-state index in [4.69, 9.17) is 15.2 Å². The average Bonchev–Trinajstić information content (AvgIpc) is 2.26. The van der Waals surface area contributed by atoms with E-state index in [1.165, 1.54) is 32.4 Å². The van der Waals surface area contributed by atoms with Crippen LogP contribution in [-0.4, -0.2) is 20.4 Å². The van der Waals surface area contributed by atoms with Gasteiger partial charge < -0.3 is 15.2 Å². The summed E-state index contributed by atoms with van der Waals surface area (Å²) >= 11 is 0. The summed E-state index contributed by atoms with van der Waals surface area (Å²) in [5, 5.41) is 0. The van der Waals surface area contributed by atoms with Crippen LogP contribution in [0.25, 0.3) is 0 Å². The van der Waals surface area contributed by atoms with Crippen LogP contribution in [0.4, 0.5) is 13.2 Å². The monoisotopic (exact) mass is 249 g/mol. The molecule has 0 aliphatic heterocycles. The molecule has 0 aliphatic rings. The van der Waals surface area contributed by atoms with Crippen molar-refractivity contribution in [1.29, 1.82) is 0 Å². The zero-order chi connectivity index (χ0) is 13.3. The van der Waals surface area contributed by atoms with Gasteiger partial charge in [0.25, 0.3) is 0 Å². The SMILES string of the molecule is COc1ccc(C(C)(N)C(F)(F)F)c(OC)c1. The van der Waals surface area contributed by atoms with E-state index in [1.807, 2.05) is 0 Å². The van der Waals surface area contributed by atoms with Crippen molar-refractivity contribution >= 4 is 0 Å². The molecule has 2 N–H and O–H groups in total. The molecule has 0 spiro atoms.